The molecule has 118 valence electrons. The molecule has 0 radical (unpaired) electrons. The fourth-order valence-electron chi connectivity index (χ4n) is 2.40. The van der Waals surface area contributed by atoms with Crippen LogP contribution in [0.4, 0.5) is 0 Å². The molecule has 1 aromatic carbocycles. The lowest BCUT2D eigenvalue weighted by atomic mass is 9.94. The van der Waals surface area contributed by atoms with Crippen LogP contribution < -0.4 is 11.1 Å². The molecule has 3 N–H and O–H groups in total. The number of nitrogens with one attached hydrogen (secondary N) is 1. The maximum absolute atomic E-state index is 12.4. The number of hydrogen-bond donors (Lipinski definition) is 2. The molecular formula is C17H28N2OS. The fraction of sp³-hybridized carbons (Fsp3) is 0.588. The van der Waals surface area contributed by atoms with Gasteiger partial charge in [0.05, 0.1) is 5.92 Å². The van der Waals surface area contributed by atoms with E-state index in [2.05, 4.69) is 25.4 Å². The van der Waals surface area contributed by atoms with Gasteiger partial charge in [0.25, 0.3) is 0 Å². The first-order valence-corrected chi connectivity index (χ1v) is 8.85. The maximum Gasteiger partial charge on any atom is 0.224 e. The molecule has 1 amide bonds. The molecule has 4 heteroatoms. The number of benzene rings is 1. The van der Waals surface area contributed by atoms with E-state index in [1.54, 1.807) is 0 Å². The highest BCUT2D eigenvalue weighted by atomic mass is 32.2. The van der Waals surface area contributed by atoms with Gasteiger partial charge in [0, 0.05) is 17.3 Å². The molecule has 0 aromatic heterocycles. The van der Waals surface area contributed by atoms with Gasteiger partial charge in [-0.05, 0) is 24.7 Å². The van der Waals surface area contributed by atoms with Gasteiger partial charge < -0.3 is 11.1 Å². The second-order valence-electron chi connectivity index (χ2n) is 5.54. The largest absolute Gasteiger partial charge is 0.354 e. The van der Waals surface area contributed by atoms with E-state index in [4.69, 9.17) is 5.73 Å². The van der Waals surface area contributed by atoms with Crippen molar-refractivity contribution in [1.82, 2.24) is 5.32 Å². The molecule has 0 aliphatic rings. The third-order valence-electron chi connectivity index (χ3n) is 4.44. The Kier molecular flexibility index (Phi) is 7.26. The van der Waals surface area contributed by atoms with Crippen molar-refractivity contribution in [2.45, 2.75) is 44.4 Å². The van der Waals surface area contributed by atoms with Gasteiger partial charge in [0.2, 0.25) is 5.91 Å². The molecule has 0 fully saturated rings. The summed E-state index contributed by atoms with van der Waals surface area (Å²) in [5.74, 6) is -0.202. The minimum atomic E-state index is -0.266. The van der Waals surface area contributed by atoms with Crippen molar-refractivity contribution in [2.24, 2.45) is 11.7 Å². The van der Waals surface area contributed by atoms with E-state index >= 15 is 0 Å². The van der Waals surface area contributed by atoms with E-state index in [-0.39, 0.29) is 22.6 Å². The Balaban J connectivity index is 2.63. The highest BCUT2D eigenvalue weighted by molar-refractivity contribution is 8.00. The highest BCUT2D eigenvalue weighted by Gasteiger charge is 2.28. The first kappa shape index (κ1) is 18.1. The average Bonchev–Trinajstić information content (AvgIpc) is 2.55. The molecular weight excluding hydrogens is 280 g/mol. The quantitative estimate of drug-likeness (QED) is 0.774. The third-order valence-corrected chi connectivity index (χ3v) is 6.03. The van der Waals surface area contributed by atoms with E-state index < -0.39 is 0 Å². The van der Waals surface area contributed by atoms with Crippen LogP contribution in [-0.2, 0) is 4.79 Å². The lowest BCUT2D eigenvalue weighted by Gasteiger charge is -2.31. The predicted octanol–water partition coefficient (Wildman–Crippen LogP) is 3.36. The zero-order chi connectivity index (χ0) is 15.9. The van der Waals surface area contributed by atoms with Crippen molar-refractivity contribution in [3.63, 3.8) is 0 Å². The van der Waals surface area contributed by atoms with Gasteiger partial charge in [-0.2, -0.15) is 11.8 Å². The van der Waals surface area contributed by atoms with Gasteiger partial charge in [0.1, 0.15) is 0 Å². The number of hydrogen-bond acceptors (Lipinski definition) is 3. The summed E-state index contributed by atoms with van der Waals surface area (Å²) in [4.78, 5) is 12.4. The summed E-state index contributed by atoms with van der Waals surface area (Å²) in [6.45, 7) is 6.94. The molecule has 0 heterocycles. The lowest BCUT2D eigenvalue weighted by Crippen LogP contribution is -2.43. The van der Waals surface area contributed by atoms with Gasteiger partial charge in [-0.15, -0.1) is 0 Å². The van der Waals surface area contributed by atoms with Crippen LogP contribution in [0.2, 0.25) is 0 Å². The van der Waals surface area contributed by atoms with E-state index in [1.807, 2.05) is 49.0 Å². The molecule has 1 aromatic rings. The molecule has 0 saturated carbocycles. The Morgan fingerprint density at radius 2 is 1.86 bits per heavy atom. The Labute approximate surface area is 133 Å². The summed E-state index contributed by atoms with van der Waals surface area (Å²) in [7, 11) is 0. The van der Waals surface area contributed by atoms with E-state index in [0.717, 1.165) is 18.4 Å². The van der Waals surface area contributed by atoms with E-state index in [9.17, 15) is 4.79 Å². The van der Waals surface area contributed by atoms with Crippen LogP contribution in [0.1, 0.15) is 45.2 Å². The molecule has 0 aliphatic carbocycles. The van der Waals surface area contributed by atoms with Crippen LogP contribution in [0.3, 0.4) is 0 Å². The number of amides is 1. The summed E-state index contributed by atoms with van der Waals surface area (Å²) >= 11 is 1.83. The Morgan fingerprint density at radius 1 is 1.29 bits per heavy atom. The van der Waals surface area contributed by atoms with Crippen molar-refractivity contribution >= 4 is 17.7 Å². The van der Waals surface area contributed by atoms with Crippen molar-refractivity contribution in [1.29, 1.82) is 0 Å². The second kappa shape index (κ2) is 8.44. The first-order chi connectivity index (χ1) is 9.99. The third kappa shape index (κ3) is 4.75. The van der Waals surface area contributed by atoms with Gasteiger partial charge in [0.15, 0.2) is 0 Å². The Hall–Kier alpha value is -1.00. The molecule has 2 unspecified atom stereocenters. The number of carbonyl (C=O) groups is 1. The van der Waals surface area contributed by atoms with Crippen LogP contribution in [-0.4, -0.2) is 23.5 Å². The van der Waals surface area contributed by atoms with Gasteiger partial charge in [-0.1, -0.05) is 51.1 Å². The number of thioether (sulfide) groups is 1. The molecule has 2 atom stereocenters. The normalized spacial score (nSPS) is 14.5. The lowest BCUT2D eigenvalue weighted by molar-refractivity contribution is -0.125. The molecule has 0 aliphatic heterocycles. The molecule has 21 heavy (non-hydrogen) atoms. The van der Waals surface area contributed by atoms with E-state index in [1.165, 1.54) is 0 Å². The van der Waals surface area contributed by atoms with Crippen molar-refractivity contribution in [3.05, 3.63) is 35.9 Å². The SMILES string of the molecule is CCC(CC)(CNC(=O)C(C)C(N)c1ccccc1)SC. The van der Waals surface area contributed by atoms with Crippen LogP contribution in [0.25, 0.3) is 0 Å². The minimum Gasteiger partial charge on any atom is -0.354 e. The number of carbonyl (C=O) groups excluding carboxylic acids is 1. The topological polar surface area (TPSA) is 55.1 Å². The molecule has 3 nitrogen and oxygen atoms in total. The van der Waals surface area contributed by atoms with Crippen molar-refractivity contribution < 1.29 is 4.79 Å². The molecule has 0 spiro atoms. The van der Waals surface area contributed by atoms with Crippen molar-refractivity contribution in [2.75, 3.05) is 12.8 Å². The predicted molar refractivity (Wildman–Crippen MR) is 92.4 cm³/mol. The Bertz CT molecular complexity index is 423. The van der Waals surface area contributed by atoms with E-state index in [0.29, 0.717) is 6.54 Å². The summed E-state index contributed by atoms with van der Waals surface area (Å²) < 4.78 is 0.131. The molecule has 0 saturated heterocycles. The summed E-state index contributed by atoms with van der Waals surface area (Å²) in [6, 6.07) is 9.53. The standard InChI is InChI=1S/C17H28N2OS/c1-5-17(6-2,21-4)12-19-16(20)13(3)15(18)14-10-8-7-9-11-14/h7-11,13,15H,5-6,12,18H2,1-4H3,(H,19,20). The smallest absolute Gasteiger partial charge is 0.224 e. The fourth-order valence-corrected chi connectivity index (χ4v) is 3.19. The van der Waals surface area contributed by atoms with Gasteiger partial charge in [-0.25, -0.2) is 0 Å². The zero-order valence-electron chi connectivity index (χ0n) is 13.6. The van der Waals surface area contributed by atoms with Gasteiger partial charge in [-0.3, -0.25) is 4.79 Å². The van der Waals surface area contributed by atoms with Gasteiger partial charge >= 0.3 is 0 Å². The van der Waals surface area contributed by atoms with Crippen molar-refractivity contribution in [3.8, 4) is 0 Å². The number of nitrogens with two attached hydrogens (primary N) is 1. The average molecular weight is 308 g/mol. The highest BCUT2D eigenvalue weighted by Crippen LogP contribution is 2.29. The second-order valence-corrected chi connectivity index (χ2v) is 6.81. The monoisotopic (exact) mass is 308 g/mol. The molecule has 0 bridgehead atoms. The summed E-state index contributed by atoms with van der Waals surface area (Å²) in [5, 5.41) is 3.09. The van der Waals surface area contributed by atoms with Crippen LogP contribution in [0.15, 0.2) is 30.3 Å². The first-order valence-electron chi connectivity index (χ1n) is 7.63. The Morgan fingerprint density at radius 3 is 2.33 bits per heavy atom. The van der Waals surface area contributed by atoms with Crippen LogP contribution in [0, 0.1) is 5.92 Å². The number of rotatable bonds is 8. The summed E-state index contributed by atoms with van der Waals surface area (Å²) in [6.07, 6.45) is 4.20. The summed E-state index contributed by atoms with van der Waals surface area (Å²) in [5.41, 5.74) is 7.21. The van der Waals surface area contributed by atoms with Crippen LogP contribution in [0.5, 0.6) is 0 Å². The zero-order valence-corrected chi connectivity index (χ0v) is 14.4. The molecule has 1 rings (SSSR count). The minimum absolute atomic E-state index is 0.0340. The van der Waals surface area contributed by atoms with Crippen LogP contribution >= 0.6 is 11.8 Å². The maximum atomic E-state index is 12.4.